The highest BCUT2D eigenvalue weighted by Crippen LogP contribution is 2.23. The minimum atomic E-state index is -0.418. The van der Waals surface area contributed by atoms with Crippen molar-refractivity contribution in [3.05, 3.63) is 11.9 Å². The summed E-state index contributed by atoms with van der Waals surface area (Å²) in [7, 11) is 1.67. The largest absolute Gasteiger partial charge is 0.457 e. The third-order valence-electron chi connectivity index (χ3n) is 3.09. The summed E-state index contributed by atoms with van der Waals surface area (Å²) in [5.74, 6) is -0.418. The van der Waals surface area contributed by atoms with Gasteiger partial charge in [0.25, 0.3) is 0 Å². The summed E-state index contributed by atoms with van der Waals surface area (Å²) in [6, 6.07) is 0. The fraction of sp³-hybridized carbons (Fsp3) is 0.667. The van der Waals surface area contributed by atoms with Crippen molar-refractivity contribution in [3.8, 4) is 0 Å². The number of aryl methyl sites for hydroxylation is 1. The van der Waals surface area contributed by atoms with Gasteiger partial charge in [0.15, 0.2) is 5.69 Å². The van der Waals surface area contributed by atoms with Crippen LogP contribution in [0.1, 0.15) is 37.2 Å². The standard InChI is InChI=1S/C12H19N3O3/c1-7-4-9(5-8(2)17-7)18-12(16)11-10(13)6-14-15(11)3/h6-9H,4-5,13H2,1-3H3. The zero-order chi connectivity index (χ0) is 13.3. The molecule has 2 N–H and O–H groups in total. The number of nitrogens with zero attached hydrogens (tertiary/aromatic N) is 2. The lowest BCUT2D eigenvalue weighted by atomic mass is 10.0. The molecule has 100 valence electrons. The number of nitrogens with two attached hydrogens (primary N) is 1. The van der Waals surface area contributed by atoms with Crippen LogP contribution < -0.4 is 5.73 Å². The molecule has 0 radical (unpaired) electrons. The maximum Gasteiger partial charge on any atom is 0.359 e. The van der Waals surface area contributed by atoms with Crippen LogP contribution in [0.4, 0.5) is 5.69 Å². The summed E-state index contributed by atoms with van der Waals surface area (Å²) < 4.78 is 12.5. The predicted molar refractivity (Wildman–Crippen MR) is 66.1 cm³/mol. The summed E-state index contributed by atoms with van der Waals surface area (Å²) >= 11 is 0. The molecule has 0 amide bonds. The summed E-state index contributed by atoms with van der Waals surface area (Å²) in [6.07, 6.45) is 2.98. The lowest BCUT2D eigenvalue weighted by Gasteiger charge is -2.31. The summed E-state index contributed by atoms with van der Waals surface area (Å²) in [6.45, 7) is 3.96. The van der Waals surface area contributed by atoms with Crippen molar-refractivity contribution in [2.45, 2.75) is 45.0 Å². The van der Waals surface area contributed by atoms with Crippen molar-refractivity contribution in [2.24, 2.45) is 7.05 Å². The Morgan fingerprint density at radius 2 is 2.11 bits per heavy atom. The Hall–Kier alpha value is -1.56. The number of ether oxygens (including phenoxy) is 2. The average molecular weight is 253 g/mol. The van der Waals surface area contributed by atoms with Crippen molar-refractivity contribution in [2.75, 3.05) is 5.73 Å². The van der Waals surface area contributed by atoms with E-state index in [1.165, 1.54) is 10.9 Å². The topological polar surface area (TPSA) is 79.4 Å². The zero-order valence-electron chi connectivity index (χ0n) is 10.9. The van der Waals surface area contributed by atoms with Gasteiger partial charge in [0, 0.05) is 19.9 Å². The second-order valence-electron chi connectivity index (χ2n) is 4.83. The smallest absolute Gasteiger partial charge is 0.359 e. The first-order valence-electron chi connectivity index (χ1n) is 6.11. The van der Waals surface area contributed by atoms with Gasteiger partial charge in [-0.3, -0.25) is 4.68 Å². The number of aromatic nitrogens is 2. The minimum Gasteiger partial charge on any atom is -0.457 e. The van der Waals surface area contributed by atoms with E-state index in [-0.39, 0.29) is 18.3 Å². The van der Waals surface area contributed by atoms with Gasteiger partial charge in [0.05, 0.1) is 24.1 Å². The molecule has 1 aliphatic heterocycles. The molecule has 0 bridgehead atoms. The molecule has 0 spiro atoms. The number of anilines is 1. The first-order valence-corrected chi connectivity index (χ1v) is 6.11. The molecule has 6 heteroatoms. The molecule has 2 atom stereocenters. The number of esters is 1. The van der Waals surface area contributed by atoms with Gasteiger partial charge in [-0.25, -0.2) is 4.79 Å². The summed E-state index contributed by atoms with van der Waals surface area (Å²) in [5, 5.41) is 3.93. The molecule has 2 rings (SSSR count). The van der Waals surface area contributed by atoms with Crippen LogP contribution in [-0.2, 0) is 16.5 Å². The molecule has 0 saturated carbocycles. The summed E-state index contributed by atoms with van der Waals surface area (Å²) in [4.78, 5) is 12.0. The van der Waals surface area contributed by atoms with Gasteiger partial charge >= 0.3 is 5.97 Å². The van der Waals surface area contributed by atoms with Crippen molar-refractivity contribution in [1.82, 2.24) is 9.78 Å². The maximum absolute atomic E-state index is 12.0. The SMILES string of the molecule is CC1CC(OC(=O)c2c(N)cnn2C)CC(C)O1. The second-order valence-corrected chi connectivity index (χ2v) is 4.83. The Labute approximate surface area is 106 Å². The van der Waals surface area contributed by atoms with Crippen molar-refractivity contribution >= 4 is 11.7 Å². The Morgan fingerprint density at radius 1 is 1.50 bits per heavy atom. The molecule has 1 saturated heterocycles. The molecule has 0 aliphatic carbocycles. The monoisotopic (exact) mass is 253 g/mol. The predicted octanol–water partition coefficient (Wildman–Crippen LogP) is 1.12. The lowest BCUT2D eigenvalue weighted by molar-refractivity contribution is -0.0857. The highest BCUT2D eigenvalue weighted by molar-refractivity contribution is 5.93. The van der Waals surface area contributed by atoms with Crippen LogP contribution in [0, 0.1) is 0 Å². The van der Waals surface area contributed by atoms with Gasteiger partial charge in [-0.05, 0) is 13.8 Å². The van der Waals surface area contributed by atoms with Crippen molar-refractivity contribution in [3.63, 3.8) is 0 Å². The Balaban J connectivity index is 2.03. The van der Waals surface area contributed by atoms with Crippen LogP contribution >= 0.6 is 0 Å². The quantitative estimate of drug-likeness (QED) is 0.799. The van der Waals surface area contributed by atoms with E-state index < -0.39 is 5.97 Å². The fourth-order valence-electron chi connectivity index (χ4n) is 2.35. The second kappa shape index (κ2) is 4.97. The van der Waals surface area contributed by atoms with E-state index >= 15 is 0 Å². The van der Waals surface area contributed by atoms with Gasteiger partial charge in [0.1, 0.15) is 6.10 Å². The molecule has 1 aromatic rings. The maximum atomic E-state index is 12.0. The molecular weight excluding hydrogens is 234 g/mol. The summed E-state index contributed by atoms with van der Waals surface area (Å²) in [5.41, 5.74) is 6.34. The van der Waals surface area contributed by atoms with E-state index in [0.717, 1.165) is 0 Å². The average Bonchev–Trinajstić information content (AvgIpc) is 2.56. The molecule has 1 fully saturated rings. The lowest BCUT2D eigenvalue weighted by Crippen LogP contribution is -2.35. The van der Waals surface area contributed by atoms with Crippen LogP contribution in [-0.4, -0.2) is 34.1 Å². The van der Waals surface area contributed by atoms with Crippen LogP contribution in [0.25, 0.3) is 0 Å². The van der Waals surface area contributed by atoms with Crippen LogP contribution in [0.5, 0.6) is 0 Å². The molecule has 18 heavy (non-hydrogen) atoms. The Morgan fingerprint density at radius 3 is 2.61 bits per heavy atom. The highest BCUT2D eigenvalue weighted by atomic mass is 16.6. The molecular formula is C12H19N3O3. The van der Waals surface area contributed by atoms with Crippen molar-refractivity contribution < 1.29 is 14.3 Å². The van der Waals surface area contributed by atoms with E-state index in [4.69, 9.17) is 15.2 Å². The fourth-order valence-corrected chi connectivity index (χ4v) is 2.35. The number of hydrogen-bond donors (Lipinski definition) is 1. The van der Waals surface area contributed by atoms with Gasteiger partial charge in [-0.2, -0.15) is 5.10 Å². The van der Waals surface area contributed by atoms with E-state index in [2.05, 4.69) is 5.10 Å². The first-order chi connectivity index (χ1) is 8.47. The Bertz CT molecular complexity index is 414. The van der Waals surface area contributed by atoms with E-state index in [1.807, 2.05) is 13.8 Å². The number of rotatable bonds is 2. The number of nitrogen functional groups attached to an aromatic ring is 1. The van der Waals surface area contributed by atoms with Crippen LogP contribution in [0.2, 0.25) is 0 Å². The molecule has 2 heterocycles. The van der Waals surface area contributed by atoms with E-state index in [9.17, 15) is 4.79 Å². The molecule has 1 aliphatic rings. The number of carbonyl (C=O) groups excluding carboxylic acids is 1. The molecule has 0 aromatic carbocycles. The van der Waals surface area contributed by atoms with Gasteiger partial charge in [-0.1, -0.05) is 0 Å². The normalized spacial score (nSPS) is 28.1. The number of hydrogen-bond acceptors (Lipinski definition) is 5. The molecule has 6 nitrogen and oxygen atoms in total. The third kappa shape index (κ3) is 2.64. The molecule has 1 aromatic heterocycles. The molecule has 2 unspecified atom stereocenters. The van der Waals surface area contributed by atoms with Gasteiger partial charge in [0.2, 0.25) is 0 Å². The van der Waals surface area contributed by atoms with Gasteiger partial charge < -0.3 is 15.2 Å². The number of carbonyl (C=O) groups is 1. The van der Waals surface area contributed by atoms with Gasteiger partial charge in [-0.15, -0.1) is 0 Å². The van der Waals surface area contributed by atoms with E-state index in [1.54, 1.807) is 7.05 Å². The zero-order valence-corrected chi connectivity index (χ0v) is 10.9. The minimum absolute atomic E-state index is 0.107. The van der Waals surface area contributed by atoms with Crippen LogP contribution in [0.15, 0.2) is 6.20 Å². The van der Waals surface area contributed by atoms with E-state index in [0.29, 0.717) is 24.2 Å². The highest BCUT2D eigenvalue weighted by Gasteiger charge is 2.29. The van der Waals surface area contributed by atoms with Crippen molar-refractivity contribution in [1.29, 1.82) is 0 Å². The Kier molecular flexibility index (Phi) is 3.56. The van der Waals surface area contributed by atoms with Crippen LogP contribution in [0.3, 0.4) is 0 Å². The first kappa shape index (κ1) is 12.9. The third-order valence-corrected chi connectivity index (χ3v) is 3.09.